The minimum atomic E-state index is -4.51. The van der Waals surface area contributed by atoms with Crippen molar-refractivity contribution in [2.24, 2.45) is 0 Å². The Kier molecular flexibility index (Phi) is 6.05. The number of halogens is 5. The van der Waals surface area contributed by atoms with Gasteiger partial charge >= 0.3 is 6.18 Å². The van der Waals surface area contributed by atoms with Gasteiger partial charge in [0.05, 0.1) is 10.5 Å². The van der Waals surface area contributed by atoms with Gasteiger partial charge in [0, 0.05) is 43.2 Å². The lowest BCUT2D eigenvalue weighted by Gasteiger charge is -2.35. The van der Waals surface area contributed by atoms with Gasteiger partial charge in [-0.15, -0.1) is 11.3 Å². The zero-order valence-corrected chi connectivity index (χ0v) is 20.1. The lowest BCUT2D eigenvalue weighted by molar-refractivity contribution is -0.173. The molecule has 0 aliphatic carbocycles. The van der Waals surface area contributed by atoms with Crippen LogP contribution in [0, 0.1) is 5.82 Å². The van der Waals surface area contributed by atoms with Crippen LogP contribution in [0.5, 0.6) is 0 Å². The van der Waals surface area contributed by atoms with E-state index in [1.165, 1.54) is 23.5 Å². The zero-order chi connectivity index (χ0) is 24.0. The number of hydrogen-bond acceptors (Lipinski definition) is 5. The van der Waals surface area contributed by atoms with Gasteiger partial charge in [0.25, 0.3) is 5.91 Å². The van der Waals surface area contributed by atoms with Crippen molar-refractivity contribution in [2.45, 2.75) is 24.7 Å². The Labute approximate surface area is 205 Å². The third-order valence-electron chi connectivity index (χ3n) is 6.14. The molecule has 0 spiro atoms. The molecule has 4 heterocycles. The second kappa shape index (κ2) is 8.88. The van der Waals surface area contributed by atoms with Gasteiger partial charge in [-0.1, -0.05) is 6.07 Å². The van der Waals surface area contributed by atoms with Crippen LogP contribution in [0.3, 0.4) is 0 Å². The van der Waals surface area contributed by atoms with E-state index in [1.54, 1.807) is 29.2 Å². The lowest BCUT2D eigenvalue weighted by atomic mass is 10.0. The standard InChI is InChI=1S/C22H20BrF4N5OS/c23-18-19(21(33)31-9-7-30(8-10-31)14-5-3-13(24)4-6-14)29-32-17(22(25,26)27)12-15(28-20(18)32)16-2-1-11-34-16/h1-6,11,15,17,28H,7-10,12H2/t15-,17-/m1/s1. The molecule has 5 rings (SSSR count). The summed E-state index contributed by atoms with van der Waals surface area (Å²) < 4.78 is 56.1. The van der Waals surface area contributed by atoms with Gasteiger partial charge in [-0.2, -0.15) is 18.3 Å². The summed E-state index contributed by atoms with van der Waals surface area (Å²) in [7, 11) is 0. The van der Waals surface area contributed by atoms with Crippen LogP contribution in [-0.2, 0) is 0 Å². The van der Waals surface area contributed by atoms with Crippen LogP contribution in [0.1, 0.15) is 33.9 Å². The number of alkyl halides is 3. The summed E-state index contributed by atoms with van der Waals surface area (Å²) in [5, 5.41) is 9.08. The molecule has 1 saturated heterocycles. The number of thiophene rings is 1. The van der Waals surface area contributed by atoms with E-state index in [0.717, 1.165) is 15.2 Å². The highest BCUT2D eigenvalue weighted by molar-refractivity contribution is 9.10. The Morgan fingerprint density at radius 3 is 2.44 bits per heavy atom. The van der Waals surface area contributed by atoms with Crippen LogP contribution < -0.4 is 10.2 Å². The zero-order valence-electron chi connectivity index (χ0n) is 17.7. The summed E-state index contributed by atoms with van der Waals surface area (Å²) >= 11 is 4.72. The molecular formula is C22H20BrF4N5OS. The molecule has 12 heteroatoms. The summed E-state index contributed by atoms with van der Waals surface area (Å²) in [6.45, 7) is 1.79. The normalized spacial score (nSPS) is 20.7. The second-order valence-electron chi connectivity index (χ2n) is 8.22. The van der Waals surface area contributed by atoms with E-state index < -0.39 is 24.2 Å². The van der Waals surface area contributed by atoms with Crippen molar-refractivity contribution in [3.8, 4) is 0 Å². The first-order valence-electron chi connectivity index (χ1n) is 10.7. The van der Waals surface area contributed by atoms with Gasteiger partial charge in [0.15, 0.2) is 11.7 Å². The smallest absolute Gasteiger partial charge is 0.368 e. The Bertz CT molecular complexity index is 1170. The van der Waals surface area contributed by atoms with Crippen molar-refractivity contribution < 1.29 is 22.4 Å². The first-order valence-corrected chi connectivity index (χ1v) is 12.3. The Hall–Kier alpha value is -2.60. The van der Waals surface area contributed by atoms with E-state index in [2.05, 4.69) is 26.3 Å². The van der Waals surface area contributed by atoms with Crippen LogP contribution in [-0.4, -0.2) is 52.9 Å². The summed E-state index contributed by atoms with van der Waals surface area (Å²) in [6, 6.07) is 7.34. The number of nitrogens with zero attached hydrogens (tertiary/aromatic N) is 4. The van der Waals surface area contributed by atoms with E-state index >= 15 is 0 Å². The minimum absolute atomic E-state index is 0.0428. The van der Waals surface area contributed by atoms with Crippen LogP contribution in [0.4, 0.5) is 29.1 Å². The number of nitrogens with one attached hydrogen (secondary N) is 1. The molecule has 2 aliphatic rings. The number of carbonyl (C=O) groups excluding carboxylic acids is 1. The molecule has 0 unspecified atom stereocenters. The van der Waals surface area contributed by atoms with Gasteiger partial charge in [0.2, 0.25) is 0 Å². The molecule has 1 amide bonds. The molecule has 1 N–H and O–H groups in total. The number of aromatic nitrogens is 2. The first-order chi connectivity index (χ1) is 16.2. The van der Waals surface area contributed by atoms with Gasteiger partial charge < -0.3 is 15.1 Å². The fourth-order valence-electron chi connectivity index (χ4n) is 4.37. The predicted octanol–water partition coefficient (Wildman–Crippen LogP) is 5.47. The van der Waals surface area contributed by atoms with Crippen LogP contribution in [0.25, 0.3) is 0 Å². The van der Waals surface area contributed by atoms with Gasteiger partial charge in [0.1, 0.15) is 11.6 Å². The maximum Gasteiger partial charge on any atom is 0.410 e. The molecule has 0 bridgehead atoms. The number of anilines is 2. The third-order valence-corrected chi connectivity index (χ3v) is 7.88. The van der Waals surface area contributed by atoms with E-state index in [0.29, 0.717) is 26.2 Å². The number of amides is 1. The number of benzene rings is 1. The number of hydrogen-bond donors (Lipinski definition) is 1. The van der Waals surface area contributed by atoms with Crippen molar-refractivity contribution in [2.75, 3.05) is 36.4 Å². The van der Waals surface area contributed by atoms with E-state index in [-0.39, 0.29) is 28.2 Å². The monoisotopic (exact) mass is 557 g/mol. The number of fused-ring (bicyclic) bond motifs is 1. The molecule has 2 atom stereocenters. The largest absolute Gasteiger partial charge is 0.410 e. The fraction of sp³-hybridized carbons (Fsp3) is 0.364. The molecule has 1 fully saturated rings. The molecule has 180 valence electrons. The minimum Gasteiger partial charge on any atom is -0.368 e. The maximum absolute atomic E-state index is 13.9. The highest BCUT2D eigenvalue weighted by atomic mass is 79.9. The van der Waals surface area contributed by atoms with E-state index in [4.69, 9.17) is 0 Å². The molecule has 3 aromatic rings. The molecule has 0 radical (unpaired) electrons. The quantitative estimate of drug-likeness (QED) is 0.434. The molecule has 6 nitrogen and oxygen atoms in total. The fourth-order valence-corrected chi connectivity index (χ4v) is 5.71. The average molecular weight is 558 g/mol. The highest BCUT2D eigenvalue weighted by Crippen LogP contribution is 2.47. The van der Waals surface area contributed by atoms with Crippen molar-refractivity contribution in [3.05, 3.63) is 62.6 Å². The Morgan fingerprint density at radius 1 is 1.12 bits per heavy atom. The SMILES string of the molecule is O=C(c1nn2c(c1Br)N[C@@H](c1cccs1)C[C@@H]2C(F)(F)F)N1CCN(c2ccc(F)cc2)CC1. The summed E-state index contributed by atoms with van der Waals surface area (Å²) in [5.41, 5.74) is 0.808. The molecule has 2 aliphatic heterocycles. The first kappa shape index (κ1) is 23.2. The van der Waals surface area contributed by atoms with Crippen molar-refractivity contribution in [3.63, 3.8) is 0 Å². The Balaban J connectivity index is 1.37. The van der Waals surface area contributed by atoms with Gasteiger partial charge in [-0.05, 0) is 51.6 Å². The van der Waals surface area contributed by atoms with Crippen molar-refractivity contribution in [1.82, 2.24) is 14.7 Å². The molecule has 0 saturated carbocycles. The van der Waals surface area contributed by atoms with Gasteiger partial charge in [-0.25, -0.2) is 9.07 Å². The highest BCUT2D eigenvalue weighted by Gasteiger charge is 2.48. The maximum atomic E-state index is 13.9. The van der Waals surface area contributed by atoms with Gasteiger partial charge in [-0.3, -0.25) is 4.79 Å². The van der Waals surface area contributed by atoms with E-state index in [1.807, 2.05) is 10.3 Å². The third kappa shape index (κ3) is 4.28. The summed E-state index contributed by atoms with van der Waals surface area (Å²) in [4.78, 5) is 17.6. The number of piperazine rings is 1. The topological polar surface area (TPSA) is 53.4 Å². The lowest BCUT2D eigenvalue weighted by Crippen LogP contribution is -2.49. The molecule has 34 heavy (non-hydrogen) atoms. The molecular weight excluding hydrogens is 538 g/mol. The molecule has 2 aromatic heterocycles. The van der Waals surface area contributed by atoms with E-state index in [9.17, 15) is 22.4 Å². The molecule has 1 aromatic carbocycles. The van der Waals surface area contributed by atoms with Crippen LogP contribution in [0.15, 0.2) is 46.3 Å². The second-order valence-corrected chi connectivity index (χ2v) is 9.99. The predicted molar refractivity (Wildman–Crippen MR) is 125 cm³/mol. The summed E-state index contributed by atoms with van der Waals surface area (Å²) in [6.07, 6.45) is -4.73. The van der Waals surface area contributed by atoms with Crippen molar-refractivity contribution >= 4 is 44.7 Å². The van der Waals surface area contributed by atoms with Crippen molar-refractivity contribution in [1.29, 1.82) is 0 Å². The van der Waals surface area contributed by atoms with Crippen LogP contribution >= 0.6 is 27.3 Å². The Morgan fingerprint density at radius 2 is 1.82 bits per heavy atom. The summed E-state index contributed by atoms with van der Waals surface area (Å²) in [5.74, 6) is -0.596. The average Bonchev–Trinajstić information content (AvgIpc) is 3.47. The number of carbonyl (C=O) groups is 1. The van der Waals surface area contributed by atoms with Crippen LogP contribution in [0.2, 0.25) is 0 Å². The number of rotatable bonds is 3.